The quantitative estimate of drug-likeness (QED) is 0.726. The van der Waals surface area contributed by atoms with Gasteiger partial charge in [0.2, 0.25) is 5.95 Å². The number of rotatable bonds is 3. The first kappa shape index (κ1) is 13.9. The van der Waals surface area contributed by atoms with Gasteiger partial charge in [-0.3, -0.25) is 4.57 Å². The highest BCUT2D eigenvalue weighted by molar-refractivity contribution is 9.10. The second-order valence-electron chi connectivity index (χ2n) is 5.02. The van der Waals surface area contributed by atoms with Gasteiger partial charge in [0, 0.05) is 16.4 Å². The monoisotopic (exact) mass is 341 g/mol. The van der Waals surface area contributed by atoms with Crippen molar-refractivity contribution in [2.75, 3.05) is 5.32 Å². The Kier molecular flexibility index (Phi) is 3.80. The van der Waals surface area contributed by atoms with Gasteiger partial charge in [-0.15, -0.1) is 0 Å². The molecule has 0 saturated heterocycles. The van der Waals surface area contributed by atoms with Crippen molar-refractivity contribution in [1.82, 2.24) is 9.55 Å². The molecule has 0 bridgehead atoms. The van der Waals surface area contributed by atoms with Crippen LogP contribution in [0.4, 0.5) is 11.6 Å². The molecule has 0 amide bonds. The van der Waals surface area contributed by atoms with E-state index in [1.807, 2.05) is 43.5 Å². The molecule has 0 aliphatic heterocycles. The Hall–Kier alpha value is -2.07. The second-order valence-corrected chi connectivity index (χ2v) is 5.88. The summed E-state index contributed by atoms with van der Waals surface area (Å²) in [5.74, 6) is 0.810. The predicted octanol–water partition coefficient (Wildman–Crippen LogP) is 5.00. The first-order valence-corrected chi connectivity index (χ1v) is 7.57. The van der Waals surface area contributed by atoms with E-state index in [2.05, 4.69) is 55.9 Å². The zero-order valence-electron chi connectivity index (χ0n) is 12.0. The van der Waals surface area contributed by atoms with Gasteiger partial charge in [-0.25, -0.2) is 4.98 Å². The van der Waals surface area contributed by atoms with Gasteiger partial charge >= 0.3 is 0 Å². The minimum Gasteiger partial charge on any atom is -0.325 e. The van der Waals surface area contributed by atoms with E-state index in [1.54, 1.807) is 0 Å². The Morgan fingerprint density at radius 2 is 1.81 bits per heavy atom. The highest BCUT2D eigenvalue weighted by Crippen LogP contribution is 2.27. The molecule has 3 aromatic rings. The molecule has 3 rings (SSSR count). The van der Waals surface area contributed by atoms with Crippen LogP contribution in [0, 0.1) is 13.8 Å². The maximum atomic E-state index is 4.58. The van der Waals surface area contributed by atoms with Crippen molar-refractivity contribution in [2.24, 2.45) is 0 Å². The Bertz CT molecular complexity index is 763. The summed E-state index contributed by atoms with van der Waals surface area (Å²) in [5, 5.41) is 3.37. The fourth-order valence-electron chi connectivity index (χ4n) is 2.23. The minimum atomic E-state index is 0.810. The minimum absolute atomic E-state index is 0.810. The van der Waals surface area contributed by atoms with Gasteiger partial charge in [-0.1, -0.05) is 24.3 Å². The third kappa shape index (κ3) is 3.00. The third-order valence-corrected chi connectivity index (χ3v) is 3.89. The molecule has 0 unspecified atom stereocenters. The number of para-hydroxylation sites is 1. The molecule has 0 aliphatic rings. The molecule has 2 aromatic carbocycles. The van der Waals surface area contributed by atoms with Crippen LogP contribution in [0.2, 0.25) is 0 Å². The number of hydrogen-bond acceptors (Lipinski definition) is 2. The summed E-state index contributed by atoms with van der Waals surface area (Å²) < 4.78 is 3.11. The summed E-state index contributed by atoms with van der Waals surface area (Å²) in [5.41, 5.74) is 4.29. The average molecular weight is 342 g/mol. The molecule has 0 fully saturated rings. The highest BCUT2D eigenvalue weighted by atomic mass is 79.9. The third-order valence-electron chi connectivity index (χ3n) is 3.22. The van der Waals surface area contributed by atoms with E-state index >= 15 is 0 Å². The standard InChI is InChI=1S/C17H16BrN3/c1-12-8-9-15(18)16(10-12)21-11-13(2)19-17(21)20-14-6-4-3-5-7-14/h3-11H,1-2H3,(H,19,20). The van der Waals surface area contributed by atoms with E-state index in [9.17, 15) is 0 Å². The number of imidazole rings is 1. The van der Waals surface area contributed by atoms with Gasteiger partial charge in [0.1, 0.15) is 0 Å². The summed E-state index contributed by atoms with van der Waals surface area (Å²) >= 11 is 3.62. The molecule has 21 heavy (non-hydrogen) atoms. The van der Waals surface area contributed by atoms with Crippen LogP contribution in [0.1, 0.15) is 11.3 Å². The molecule has 3 nitrogen and oxygen atoms in total. The van der Waals surface area contributed by atoms with Gasteiger partial charge in [-0.05, 0) is 59.6 Å². The predicted molar refractivity (Wildman–Crippen MR) is 90.5 cm³/mol. The maximum Gasteiger partial charge on any atom is 0.212 e. The van der Waals surface area contributed by atoms with Crippen molar-refractivity contribution in [3.05, 3.63) is 70.5 Å². The summed E-state index contributed by atoms with van der Waals surface area (Å²) in [6.45, 7) is 4.08. The zero-order chi connectivity index (χ0) is 14.8. The number of halogens is 1. The lowest BCUT2D eigenvalue weighted by molar-refractivity contribution is 1.05. The van der Waals surface area contributed by atoms with Crippen molar-refractivity contribution >= 4 is 27.6 Å². The van der Waals surface area contributed by atoms with Crippen LogP contribution < -0.4 is 5.32 Å². The second kappa shape index (κ2) is 5.74. The summed E-state index contributed by atoms with van der Waals surface area (Å²) in [4.78, 5) is 4.58. The number of aryl methyl sites for hydroxylation is 2. The fraction of sp³-hybridized carbons (Fsp3) is 0.118. The number of benzene rings is 2. The van der Waals surface area contributed by atoms with Crippen molar-refractivity contribution in [3.63, 3.8) is 0 Å². The van der Waals surface area contributed by atoms with Crippen LogP contribution in [0.15, 0.2) is 59.2 Å². The van der Waals surface area contributed by atoms with Gasteiger partial charge in [0.15, 0.2) is 0 Å². The molecule has 0 radical (unpaired) electrons. The molecule has 0 spiro atoms. The maximum absolute atomic E-state index is 4.58. The first-order valence-electron chi connectivity index (χ1n) is 6.78. The zero-order valence-corrected chi connectivity index (χ0v) is 13.6. The van der Waals surface area contributed by atoms with E-state index in [-0.39, 0.29) is 0 Å². The van der Waals surface area contributed by atoms with Gasteiger partial charge < -0.3 is 5.32 Å². The molecule has 0 atom stereocenters. The Morgan fingerprint density at radius 1 is 1.05 bits per heavy atom. The van der Waals surface area contributed by atoms with Crippen LogP contribution in [0.3, 0.4) is 0 Å². The SMILES string of the molecule is Cc1ccc(Br)c(-n2cc(C)nc2Nc2ccccc2)c1. The van der Waals surface area contributed by atoms with Crippen molar-refractivity contribution in [2.45, 2.75) is 13.8 Å². The van der Waals surface area contributed by atoms with E-state index in [4.69, 9.17) is 0 Å². The summed E-state index contributed by atoms with van der Waals surface area (Å²) in [6, 6.07) is 16.4. The molecule has 1 N–H and O–H groups in total. The van der Waals surface area contributed by atoms with E-state index in [0.717, 1.165) is 27.5 Å². The Morgan fingerprint density at radius 3 is 2.57 bits per heavy atom. The number of aromatic nitrogens is 2. The largest absolute Gasteiger partial charge is 0.325 e. The molecular weight excluding hydrogens is 326 g/mol. The molecule has 1 heterocycles. The van der Waals surface area contributed by atoms with E-state index < -0.39 is 0 Å². The number of anilines is 2. The van der Waals surface area contributed by atoms with E-state index in [1.165, 1.54) is 5.56 Å². The van der Waals surface area contributed by atoms with Crippen LogP contribution in [0.5, 0.6) is 0 Å². The Labute approximate surface area is 132 Å². The lowest BCUT2D eigenvalue weighted by Crippen LogP contribution is -2.02. The lowest BCUT2D eigenvalue weighted by Gasteiger charge is -2.12. The normalized spacial score (nSPS) is 10.6. The molecule has 0 aliphatic carbocycles. The molecule has 1 aromatic heterocycles. The van der Waals surface area contributed by atoms with Crippen LogP contribution in [0.25, 0.3) is 5.69 Å². The van der Waals surface area contributed by atoms with Gasteiger partial charge in [0.05, 0.1) is 11.4 Å². The van der Waals surface area contributed by atoms with Crippen LogP contribution >= 0.6 is 15.9 Å². The van der Waals surface area contributed by atoms with Crippen LogP contribution in [-0.4, -0.2) is 9.55 Å². The highest BCUT2D eigenvalue weighted by Gasteiger charge is 2.10. The summed E-state index contributed by atoms with van der Waals surface area (Å²) in [6.07, 6.45) is 2.03. The molecular formula is C17H16BrN3. The summed E-state index contributed by atoms with van der Waals surface area (Å²) in [7, 11) is 0. The van der Waals surface area contributed by atoms with Crippen LogP contribution in [-0.2, 0) is 0 Å². The van der Waals surface area contributed by atoms with E-state index in [0.29, 0.717) is 0 Å². The molecule has 0 saturated carbocycles. The fourth-order valence-corrected chi connectivity index (χ4v) is 2.67. The number of nitrogens with zero attached hydrogens (tertiary/aromatic N) is 2. The van der Waals surface area contributed by atoms with Gasteiger partial charge in [-0.2, -0.15) is 0 Å². The van der Waals surface area contributed by atoms with Crippen molar-refractivity contribution < 1.29 is 0 Å². The van der Waals surface area contributed by atoms with Crippen molar-refractivity contribution in [3.8, 4) is 5.69 Å². The average Bonchev–Trinajstić information content (AvgIpc) is 2.83. The molecule has 106 valence electrons. The number of nitrogens with one attached hydrogen (secondary N) is 1. The van der Waals surface area contributed by atoms with Crippen molar-refractivity contribution in [1.29, 1.82) is 0 Å². The topological polar surface area (TPSA) is 29.9 Å². The molecule has 4 heteroatoms. The smallest absolute Gasteiger partial charge is 0.212 e. The first-order chi connectivity index (χ1) is 10.1. The Balaban J connectivity index is 2.05. The number of hydrogen-bond donors (Lipinski definition) is 1. The van der Waals surface area contributed by atoms with Gasteiger partial charge in [0.25, 0.3) is 0 Å². The lowest BCUT2D eigenvalue weighted by atomic mass is 10.2.